The highest BCUT2D eigenvalue weighted by atomic mass is 16.5. The number of allylic oxidation sites excluding steroid dienone is 1. The van der Waals surface area contributed by atoms with Crippen molar-refractivity contribution in [1.82, 2.24) is 15.6 Å². The van der Waals surface area contributed by atoms with Crippen LogP contribution in [0.4, 0.5) is 5.82 Å². The summed E-state index contributed by atoms with van der Waals surface area (Å²) in [6, 6.07) is 24.9. The molecule has 2 aliphatic carbocycles. The Morgan fingerprint density at radius 1 is 0.929 bits per heavy atom. The van der Waals surface area contributed by atoms with Gasteiger partial charge >= 0.3 is 0 Å². The maximum atomic E-state index is 13.7. The van der Waals surface area contributed by atoms with Crippen LogP contribution in [0.5, 0.6) is 11.5 Å². The van der Waals surface area contributed by atoms with Gasteiger partial charge in [-0.25, -0.2) is 4.98 Å². The van der Waals surface area contributed by atoms with Gasteiger partial charge < -0.3 is 36.4 Å². The Balaban J connectivity index is 0.921. The highest BCUT2D eigenvalue weighted by molar-refractivity contribution is 6.07. The van der Waals surface area contributed by atoms with Gasteiger partial charge in [0.1, 0.15) is 11.6 Å². The fraction of sp³-hybridized carbons (Fsp3) is 0.517. The van der Waals surface area contributed by atoms with E-state index in [4.69, 9.17) is 10.5 Å². The summed E-state index contributed by atoms with van der Waals surface area (Å²) in [5.74, 6) is 2.95. The van der Waals surface area contributed by atoms with Gasteiger partial charge in [0.2, 0.25) is 0 Å². The number of nitrogens with two attached hydrogens (primary N) is 1. The lowest BCUT2D eigenvalue weighted by Crippen LogP contribution is -2.56. The number of phenols is 1. The fourth-order valence-electron chi connectivity index (χ4n) is 12.7. The number of nitrogen functional groups attached to an aromatic ring is 1. The van der Waals surface area contributed by atoms with Crippen LogP contribution in [0.3, 0.4) is 0 Å². The number of piperidine rings is 1. The molecule has 4 aliphatic rings. The van der Waals surface area contributed by atoms with Crippen molar-refractivity contribution < 1.29 is 29.6 Å². The van der Waals surface area contributed by atoms with Crippen LogP contribution in [-0.2, 0) is 41.7 Å². The summed E-state index contributed by atoms with van der Waals surface area (Å²) in [7, 11) is 1.46. The van der Waals surface area contributed by atoms with Gasteiger partial charge in [-0.3, -0.25) is 9.59 Å². The first-order chi connectivity index (χ1) is 34.1. The molecule has 1 saturated heterocycles. The number of aromatic nitrogens is 1. The second-order valence-electron chi connectivity index (χ2n) is 21.2. The van der Waals surface area contributed by atoms with E-state index >= 15 is 0 Å². The number of fused-ring (bicyclic) bond motifs is 2. The number of anilines is 1. The number of pyridine rings is 1. The zero-order chi connectivity index (χ0) is 48.9. The van der Waals surface area contributed by atoms with Crippen LogP contribution in [0, 0.1) is 29.6 Å². The minimum Gasteiger partial charge on any atom is -0.504 e. The molecule has 0 amide bonds. The van der Waals surface area contributed by atoms with Crippen LogP contribution in [0.1, 0.15) is 129 Å². The normalized spacial score (nSPS) is 22.4. The van der Waals surface area contributed by atoms with E-state index in [9.17, 15) is 24.9 Å². The molecule has 3 aromatic carbocycles. The number of benzene rings is 3. The van der Waals surface area contributed by atoms with E-state index in [1.165, 1.54) is 49.1 Å². The summed E-state index contributed by atoms with van der Waals surface area (Å²) < 4.78 is 5.50. The first-order valence-electron chi connectivity index (χ1n) is 26.5. The van der Waals surface area contributed by atoms with Crippen molar-refractivity contribution in [3.63, 3.8) is 0 Å². The second-order valence-corrected chi connectivity index (χ2v) is 21.2. The molecule has 10 heteroatoms. The van der Waals surface area contributed by atoms with E-state index in [-0.39, 0.29) is 29.5 Å². The highest BCUT2D eigenvalue weighted by Gasteiger charge is 2.45. The number of nitrogens with zero attached hydrogens (tertiary/aromatic N) is 1. The number of hydrogen-bond acceptors (Lipinski definition) is 10. The monoisotopic (exact) mass is 951 g/mol. The molecule has 2 aliphatic heterocycles. The fourth-order valence-corrected chi connectivity index (χ4v) is 12.7. The van der Waals surface area contributed by atoms with Crippen LogP contribution in [0.2, 0.25) is 0 Å². The topological polar surface area (TPSA) is 167 Å². The molecule has 0 radical (unpaired) electrons. The van der Waals surface area contributed by atoms with Gasteiger partial charge in [-0.1, -0.05) is 92.4 Å². The Kier molecular flexibility index (Phi) is 18.2. The molecular weight excluding hydrogens is 873 g/mol. The van der Waals surface area contributed by atoms with Crippen LogP contribution >= 0.6 is 0 Å². The van der Waals surface area contributed by atoms with E-state index in [0.29, 0.717) is 83.8 Å². The van der Waals surface area contributed by atoms with Crippen LogP contribution in [-0.4, -0.2) is 76.9 Å². The molecular formula is C60H78N4O6. The molecule has 374 valence electrons. The first-order valence-corrected chi connectivity index (χ1v) is 26.5. The molecule has 2 saturated carbocycles. The molecule has 3 fully saturated rings. The summed E-state index contributed by atoms with van der Waals surface area (Å²) in [5, 5.41) is 41.0. The molecule has 6 atom stereocenters. The number of carbonyl (C=O) groups excluding carboxylic acids is 2. The smallest absolute Gasteiger partial charge is 0.163 e. The first kappa shape index (κ1) is 51.2. The van der Waals surface area contributed by atoms with Crippen molar-refractivity contribution in [3.05, 3.63) is 136 Å². The van der Waals surface area contributed by atoms with Crippen LogP contribution < -0.4 is 21.1 Å². The van der Waals surface area contributed by atoms with Gasteiger partial charge in [-0.2, -0.15) is 0 Å². The number of ketones is 2. The quantitative estimate of drug-likeness (QED) is 0.0240. The Morgan fingerprint density at radius 3 is 2.49 bits per heavy atom. The molecule has 3 heterocycles. The predicted molar refractivity (Wildman–Crippen MR) is 280 cm³/mol. The number of ether oxygens (including phenoxy) is 1. The third-order valence-corrected chi connectivity index (χ3v) is 16.4. The summed E-state index contributed by atoms with van der Waals surface area (Å²) in [6.45, 7) is 2.63. The molecule has 0 bridgehead atoms. The Morgan fingerprint density at radius 2 is 1.70 bits per heavy atom. The summed E-state index contributed by atoms with van der Waals surface area (Å²) >= 11 is 0. The Labute approximate surface area is 416 Å². The van der Waals surface area contributed by atoms with Gasteiger partial charge in [0.05, 0.1) is 25.7 Å². The maximum Gasteiger partial charge on any atom is 0.163 e. The SMILES string of the molecule is COc1cc(/C(=C/C(=O)CC(=O)CCC[C@H](CCC2(O)CCCCC2)C[C@@H]2[C@H]3CCNC[C@H]3C[C@@H]3C=CCN[C@@H]23)CO)c(Cc2cnc(N)cc2CCc2cccc(CCc3ccccc3)c2)cc1O. The number of hydrogen-bond donors (Lipinski definition) is 6. The number of phenolic OH excluding ortho intramolecular Hbond substituents is 1. The number of rotatable bonds is 23. The molecule has 1 aromatic heterocycles. The average molecular weight is 951 g/mol. The van der Waals surface area contributed by atoms with Gasteiger partial charge in [-0.05, 0) is 195 Å². The summed E-state index contributed by atoms with van der Waals surface area (Å²) in [4.78, 5) is 31.8. The summed E-state index contributed by atoms with van der Waals surface area (Å²) in [6.07, 6.45) is 23.8. The number of aliphatic hydroxyl groups excluding tert-OH is 1. The number of aryl methyl sites for hydroxylation is 4. The zero-order valence-corrected chi connectivity index (χ0v) is 41.6. The molecule has 0 spiro atoms. The van der Waals surface area contributed by atoms with Crippen molar-refractivity contribution in [2.24, 2.45) is 29.6 Å². The third kappa shape index (κ3) is 13.8. The third-order valence-electron chi connectivity index (χ3n) is 16.4. The average Bonchev–Trinajstić information content (AvgIpc) is 3.37. The predicted octanol–water partition coefficient (Wildman–Crippen LogP) is 9.48. The Hall–Kier alpha value is -5.13. The molecule has 8 rings (SSSR count). The molecule has 70 heavy (non-hydrogen) atoms. The largest absolute Gasteiger partial charge is 0.504 e. The van der Waals surface area contributed by atoms with Crippen LogP contribution in [0.15, 0.2) is 97.2 Å². The molecule has 10 nitrogen and oxygen atoms in total. The summed E-state index contributed by atoms with van der Waals surface area (Å²) in [5.41, 5.74) is 13.0. The number of Topliss-reactive ketones (excluding diaryl/α,β-unsaturated/α-hetero) is 1. The molecule has 0 unspecified atom stereocenters. The number of carbonyl (C=O) groups is 2. The van der Waals surface area contributed by atoms with Crippen molar-refractivity contribution >= 4 is 23.0 Å². The maximum absolute atomic E-state index is 13.7. The lowest BCUT2D eigenvalue weighted by Gasteiger charge is -2.51. The van der Waals surface area contributed by atoms with Crippen molar-refractivity contribution in [2.45, 2.75) is 134 Å². The van der Waals surface area contributed by atoms with Gasteiger partial charge in [-0.15, -0.1) is 0 Å². The van der Waals surface area contributed by atoms with Crippen molar-refractivity contribution in [1.29, 1.82) is 0 Å². The second kappa shape index (κ2) is 24.8. The standard InChI is InChI=1S/C60H78N4O6/c1-70-57-37-54(47(34-56(57)68)32-48-39-64-58(61)35-45(48)21-20-43-14-8-13-42(29-43)19-18-41-11-4-2-5-12-41)50(40-65)33-52(67)36-51(66)17-9-15-44(22-26-60(69)24-6-3-7-25-60)30-55-53-23-28-62-38-49(53)31-46-16-10-27-63-59(46)55/h2,4-5,8,10-14,16,29,33-35,37,39,44,46,49,53,55,59,62-63,65,68-69H,3,6-7,9,15,17-28,30-32,36,38,40H2,1H3,(H2,61,64)/b50-33+/t44-,46+,49-,53+,55-,59-/m1/s1. The Bertz CT molecular complexity index is 2430. The zero-order valence-electron chi connectivity index (χ0n) is 41.6. The van der Waals surface area contributed by atoms with Gasteiger partial charge in [0, 0.05) is 25.2 Å². The van der Waals surface area contributed by atoms with E-state index in [1.54, 1.807) is 18.3 Å². The van der Waals surface area contributed by atoms with E-state index in [2.05, 4.69) is 76.3 Å². The van der Waals surface area contributed by atoms with Crippen molar-refractivity contribution in [2.75, 3.05) is 39.1 Å². The van der Waals surface area contributed by atoms with E-state index < -0.39 is 12.2 Å². The molecule has 4 aromatic rings. The minimum absolute atomic E-state index is 0.0609. The van der Waals surface area contributed by atoms with Crippen molar-refractivity contribution in [3.8, 4) is 11.5 Å². The number of nitrogens with one attached hydrogen (secondary N) is 2. The minimum atomic E-state index is -0.584. The van der Waals surface area contributed by atoms with Crippen LogP contribution in [0.25, 0.3) is 5.57 Å². The molecule has 7 N–H and O–H groups in total. The van der Waals surface area contributed by atoms with Gasteiger partial charge in [0.15, 0.2) is 17.3 Å². The van der Waals surface area contributed by atoms with Gasteiger partial charge in [0.25, 0.3) is 0 Å². The van der Waals surface area contributed by atoms with E-state index in [0.717, 1.165) is 101 Å². The lowest BCUT2D eigenvalue weighted by molar-refractivity contribution is -0.124. The highest BCUT2D eigenvalue weighted by Crippen LogP contribution is 2.47. The van der Waals surface area contributed by atoms with E-state index in [1.807, 2.05) is 12.1 Å². The number of aliphatic hydroxyl groups is 2. The number of aromatic hydroxyl groups is 1. The number of methoxy groups -OCH3 is 1. The lowest BCUT2D eigenvalue weighted by atomic mass is 9.59.